The molecule has 0 fully saturated rings. The molecule has 142 valence electrons. The molecule has 7 heteroatoms. The van der Waals surface area contributed by atoms with Crippen LogP contribution in [0.5, 0.6) is 11.5 Å². The number of aromatic nitrogens is 2. The summed E-state index contributed by atoms with van der Waals surface area (Å²) >= 11 is 0. The first kappa shape index (κ1) is 18.7. The van der Waals surface area contributed by atoms with Crippen LogP contribution in [0.2, 0.25) is 0 Å². The molecule has 0 unspecified atom stereocenters. The summed E-state index contributed by atoms with van der Waals surface area (Å²) in [6, 6.07) is 9.77. The second-order valence-electron chi connectivity index (χ2n) is 6.40. The van der Waals surface area contributed by atoms with Crippen LogP contribution in [0.4, 0.5) is 5.95 Å². The minimum absolute atomic E-state index is 0.209. The van der Waals surface area contributed by atoms with Crippen molar-refractivity contribution < 1.29 is 9.47 Å². The van der Waals surface area contributed by atoms with E-state index in [1.54, 1.807) is 20.3 Å². The second kappa shape index (κ2) is 7.67. The number of ether oxygens (including phenoxy) is 2. The Morgan fingerprint density at radius 1 is 1.15 bits per heavy atom. The first-order valence-corrected chi connectivity index (χ1v) is 8.63. The molecular formula is C20H24N4O3. The van der Waals surface area contributed by atoms with Gasteiger partial charge in [0.15, 0.2) is 11.5 Å². The van der Waals surface area contributed by atoms with Crippen LogP contribution >= 0.6 is 0 Å². The van der Waals surface area contributed by atoms with Crippen LogP contribution in [0.15, 0.2) is 35.1 Å². The van der Waals surface area contributed by atoms with Crippen molar-refractivity contribution in [2.75, 3.05) is 26.2 Å². The number of hydrogen-bond donors (Lipinski definition) is 2. The molecule has 0 saturated carbocycles. The summed E-state index contributed by atoms with van der Waals surface area (Å²) in [6.45, 7) is 2.94. The standard InChI is InChI=1S/C20H24N4O3/c1-12-17-15(9-16(26-3)18(12)27-4)22-20(23-19(17)25)24(2)11-14-7-5-13(10-21)6-8-14/h5-9H,10-11,21H2,1-4H3,(H,22,23,25). The number of rotatable bonds is 6. The van der Waals surface area contributed by atoms with Gasteiger partial charge in [-0.25, -0.2) is 4.98 Å². The van der Waals surface area contributed by atoms with Crippen molar-refractivity contribution in [3.63, 3.8) is 0 Å². The molecule has 3 N–H and O–H groups in total. The molecule has 3 aromatic rings. The van der Waals surface area contributed by atoms with Crippen molar-refractivity contribution in [3.8, 4) is 11.5 Å². The van der Waals surface area contributed by atoms with Gasteiger partial charge in [-0.3, -0.25) is 9.78 Å². The summed E-state index contributed by atoms with van der Waals surface area (Å²) in [7, 11) is 5.00. The second-order valence-corrected chi connectivity index (χ2v) is 6.40. The normalized spacial score (nSPS) is 10.9. The van der Waals surface area contributed by atoms with Gasteiger partial charge in [0.2, 0.25) is 5.95 Å². The summed E-state index contributed by atoms with van der Waals surface area (Å²) in [5.74, 6) is 1.58. The van der Waals surface area contributed by atoms with Gasteiger partial charge < -0.3 is 20.1 Å². The molecule has 0 aliphatic heterocycles. The van der Waals surface area contributed by atoms with Crippen molar-refractivity contribution in [2.45, 2.75) is 20.0 Å². The number of aryl methyl sites for hydroxylation is 1. The van der Waals surface area contributed by atoms with E-state index in [-0.39, 0.29) is 5.56 Å². The average molecular weight is 368 g/mol. The van der Waals surface area contributed by atoms with Crippen molar-refractivity contribution >= 4 is 16.9 Å². The fourth-order valence-electron chi connectivity index (χ4n) is 3.15. The van der Waals surface area contributed by atoms with Crippen LogP contribution in [0.1, 0.15) is 16.7 Å². The van der Waals surface area contributed by atoms with Crippen LogP contribution in [0.25, 0.3) is 10.9 Å². The van der Waals surface area contributed by atoms with E-state index in [9.17, 15) is 4.79 Å². The van der Waals surface area contributed by atoms with Crippen LogP contribution in [-0.2, 0) is 13.1 Å². The third-order valence-electron chi connectivity index (χ3n) is 4.61. The van der Waals surface area contributed by atoms with Gasteiger partial charge in [0, 0.05) is 31.8 Å². The topological polar surface area (TPSA) is 93.5 Å². The Labute approximate surface area is 157 Å². The minimum Gasteiger partial charge on any atom is -0.493 e. The molecule has 0 amide bonds. The largest absolute Gasteiger partial charge is 0.493 e. The number of aromatic amines is 1. The molecule has 0 saturated heterocycles. The first-order valence-electron chi connectivity index (χ1n) is 8.63. The van der Waals surface area contributed by atoms with Gasteiger partial charge in [-0.1, -0.05) is 24.3 Å². The van der Waals surface area contributed by atoms with E-state index in [1.807, 2.05) is 43.1 Å². The number of benzene rings is 2. The Morgan fingerprint density at radius 2 is 1.81 bits per heavy atom. The SMILES string of the molecule is COc1cc2nc(N(C)Cc3ccc(CN)cc3)[nH]c(=O)c2c(C)c1OC. The van der Waals surface area contributed by atoms with Crippen LogP contribution < -0.4 is 25.7 Å². The molecule has 2 aromatic carbocycles. The maximum absolute atomic E-state index is 12.7. The predicted molar refractivity (Wildman–Crippen MR) is 107 cm³/mol. The summed E-state index contributed by atoms with van der Waals surface area (Å²) < 4.78 is 10.8. The molecule has 1 aromatic heterocycles. The van der Waals surface area contributed by atoms with E-state index in [4.69, 9.17) is 15.2 Å². The fourth-order valence-corrected chi connectivity index (χ4v) is 3.15. The lowest BCUT2D eigenvalue weighted by atomic mass is 10.1. The quantitative estimate of drug-likeness (QED) is 0.694. The molecule has 0 radical (unpaired) electrons. The molecule has 0 aliphatic carbocycles. The Morgan fingerprint density at radius 3 is 2.41 bits per heavy atom. The van der Waals surface area contributed by atoms with E-state index in [0.29, 0.717) is 47.0 Å². The lowest BCUT2D eigenvalue weighted by Gasteiger charge is -2.19. The van der Waals surface area contributed by atoms with E-state index in [2.05, 4.69) is 9.97 Å². The van der Waals surface area contributed by atoms with Crippen molar-refractivity contribution in [2.24, 2.45) is 5.73 Å². The Hall–Kier alpha value is -3.06. The molecule has 1 heterocycles. The summed E-state index contributed by atoms with van der Waals surface area (Å²) in [4.78, 5) is 22.1. The number of anilines is 1. The lowest BCUT2D eigenvalue weighted by molar-refractivity contribution is 0.354. The fraction of sp³-hybridized carbons (Fsp3) is 0.300. The highest BCUT2D eigenvalue weighted by atomic mass is 16.5. The first-order chi connectivity index (χ1) is 13.0. The van der Waals surface area contributed by atoms with Gasteiger partial charge in [-0.05, 0) is 18.1 Å². The summed E-state index contributed by atoms with van der Waals surface area (Å²) in [5, 5.41) is 0.497. The van der Waals surface area contributed by atoms with E-state index in [0.717, 1.165) is 11.1 Å². The van der Waals surface area contributed by atoms with E-state index >= 15 is 0 Å². The number of nitrogens with zero attached hydrogens (tertiary/aromatic N) is 2. The van der Waals surface area contributed by atoms with Gasteiger partial charge in [0.25, 0.3) is 5.56 Å². The van der Waals surface area contributed by atoms with Crippen LogP contribution in [0.3, 0.4) is 0 Å². The molecule has 7 nitrogen and oxygen atoms in total. The lowest BCUT2D eigenvalue weighted by Crippen LogP contribution is -2.23. The number of methoxy groups -OCH3 is 2. The summed E-state index contributed by atoms with van der Waals surface area (Å²) in [5.41, 5.74) is 8.87. The van der Waals surface area contributed by atoms with Gasteiger partial charge in [0.1, 0.15) is 0 Å². The monoisotopic (exact) mass is 368 g/mol. The number of hydrogen-bond acceptors (Lipinski definition) is 6. The summed E-state index contributed by atoms with van der Waals surface area (Å²) in [6.07, 6.45) is 0. The van der Waals surface area contributed by atoms with Crippen molar-refractivity contribution in [1.29, 1.82) is 0 Å². The highest BCUT2D eigenvalue weighted by molar-refractivity contribution is 5.86. The Kier molecular flexibility index (Phi) is 5.32. The molecule has 0 bridgehead atoms. The van der Waals surface area contributed by atoms with E-state index in [1.165, 1.54) is 0 Å². The zero-order chi connectivity index (χ0) is 19.6. The van der Waals surface area contributed by atoms with Crippen LogP contribution in [0, 0.1) is 6.92 Å². The van der Waals surface area contributed by atoms with Gasteiger partial charge in [-0.15, -0.1) is 0 Å². The number of fused-ring (bicyclic) bond motifs is 1. The number of nitrogens with one attached hydrogen (secondary N) is 1. The minimum atomic E-state index is -0.209. The van der Waals surface area contributed by atoms with E-state index < -0.39 is 0 Å². The van der Waals surface area contributed by atoms with Gasteiger partial charge in [-0.2, -0.15) is 0 Å². The van der Waals surface area contributed by atoms with Gasteiger partial charge >= 0.3 is 0 Å². The highest BCUT2D eigenvalue weighted by Crippen LogP contribution is 2.35. The Balaban J connectivity index is 2.00. The third-order valence-corrected chi connectivity index (χ3v) is 4.61. The van der Waals surface area contributed by atoms with Gasteiger partial charge in [0.05, 0.1) is 25.1 Å². The maximum Gasteiger partial charge on any atom is 0.260 e. The third kappa shape index (κ3) is 3.59. The molecule has 27 heavy (non-hydrogen) atoms. The predicted octanol–water partition coefficient (Wildman–Crippen LogP) is 2.34. The van der Waals surface area contributed by atoms with Crippen molar-refractivity contribution in [3.05, 3.63) is 57.4 Å². The Bertz CT molecular complexity index is 1010. The number of H-pyrrole nitrogens is 1. The zero-order valence-corrected chi connectivity index (χ0v) is 16.0. The van der Waals surface area contributed by atoms with Crippen molar-refractivity contribution in [1.82, 2.24) is 9.97 Å². The number of nitrogens with two attached hydrogens (primary N) is 1. The van der Waals surface area contributed by atoms with Crippen LogP contribution in [-0.4, -0.2) is 31.2 Å². The highest BCUT2D eigenvalue weighted by Gasteiger charge is 2.17. The molecule has 0 atom stereocenters. The molecule has 0 aliphatic rings. The molecule has 0 spiro atoms. The average Bonchev–Trinajstić information content (AvgIpc) is 2.67. The molecule has 3 rings (SSSR count). The maximum atomic E-state index is 12.7. The smallest absolute Gasteiger partial charge is 0.260 e. The molecular weight excluding hydrogens is 344 g/mol. The zero-order valence-electron chi connectivity index (χ0n) is 16.0.